The van der Waals surface area contributed by atoms with Crippen LogP contribution in [0.1, 0.15) is 79.6 Å². The summed E-state index contributed by atoms with van der Waals surface area (Å²) in [5.74, 6) is 0.204. The molecule has 0 atom stereocenters. The van der Waals surface area contributed by atoms with Gasteiger partial charge in [-0.3, -0.25) is 14.6 Å². The molecule has 132 valence electrons. The van der Waals surface area contributed by atoms with Gasteiger partial charge in [-0.1, -0.05) is 39.5 Å². The summed E-state index contributed by atoms with van der Waals surface area (Å²) in [6.45, 7) is 4.85. The van der Waals surface area contributed by atoms with Crippen LogP contribution in [0.4, 0.5) is 0 Å². The third kappa shape index (κ3) is 5.95. The molecule has 0 spiro atoms. The van der Waals surface area contributed by atoms with Gasteiger partial charge in [-0.05, 0) is 37.3 Å². The second-order valence-electron chi connectivity index (χ2n) is 7.03. The fraction of sp³-hybridized carbons (Fsp3) is 0.632. The lowest BCUT2D eigenvalue weighted by atomic mass is 10.1. The van der Waals surface area contributed by atoms with Crippen LogP contribution < -0.4 is 10.6 Å². The number of rotatable bonds is 6. The molecule has 5 heteroatoms. The Morgan fingerprint density at radius 3 is 2.54 bits per heavy atom. The highest BCUT2D eigenvalue weighted by molar-refractivity contribution is 5.98. The maximum atomic E-state index is 12.4. The standard InChI is InChI=1S/C19H29N3O2/c1-14(2)9-11-21-19(24)17-13-15(10-12-20-17)18(23)22-16-7-5-3-4-6-8-16/h10,12-14,16H,3-9,11H2,1-2H3,(H,21,24)(H,22,23). The van der Waals surface area contributed by atoms with Crippen molar-refractivity contribution in [3.05, 3.63) is 29.6 Å². The maximum Gasteiger partial charge on any atom is 0.269 e. The lowest BCUT2D eigenvalue weighted by Crippen LogP contribution is -2.34. The molecule has 0 aliphatic heterocycles. The third-order valence-electron chi connectivity index (χ3n) is 4.45. The van der Waals surface area contributed by atoms with E-state index in [0.717, 1.165) is 19.3 Å². The van der Waals surface area contributed by atoms with Gasteiger partial charge in [0.2, 0.25) is 0 Å². The van der Waals surface area contributed by atoms with Crippen LogP contribution in [0.5, 0.6) is 0 Å². The van der Waals surface area contributed by atoms with Gasteiger partial charge in [0.15, 0.2) is 0 Å². The minimum absolute atomic E-state index is 0.111. The molecular formula is C19H29N3O2. The molecule has 2 N–H and O–H groups in total. The largest absolute Gasteiger partial charge is 0.351 e. The number of aromatic nitrogens is 1. The van der Waals surface area contributed by atoms with Crippen molar-refractivity contribution < 1.29 is 9.59 Å². The number of pyridine rings is 1. The minimum Gasteiger partial charge on any atom is -0.351 e. The van der Waals surface area contributed by atoms with Gasteiger partial charge in [0.25, 0.3) is 11.8 Å². The number of carbonyl (C=O) groups excluding carboxylic acids is 2. The number of carbonyl (C=O) groups is 2. The molecule has 0 bridgehead atoms. The molecule has 2 rings (SSSR count). The Hall–Kier alpha value is -1.91. The smallest absolute Gasteiger partial charge is 0.269 e. The zero-order valence-electron chi connectivity index (χ0n) is 14.8. The van der Waals surface area contributed by atoms with Crippen molar-refractivity contribution in [1.29, 1.82) is 0 Å². The van der Waals surface area contributed by atoms with Crippen LogP contribution in [-0.2, 0) is 0 Å². The molecule has 24 heavy (non-hydrogen) atoms. The first kappa shape index (κ1) is 18.4. The van der Waals surface area contributed by atoms with E-state index in [-0.39, 0.29) is 17.9 Å². The van der Waals surface area contributed by atoms with Crippen molar-refractivity contribution in [1.82, 2.24) is 15.6 Å². The second-order valence-corrected chi connectivity index (χ2v) is 7.03. The predicted octanol–water partition coefficient (Wildman–Crippen LogP) is 3.31. The number of nitrogens with one attached hydrogen (secondary N) is 2. The second kappa shape index (κ2) is 9.40. The molecule has 0 unspecified atom stereocenters. The summed E-state index contributed by atoms with van der Waals surface area (Å²) in [5.41, 5.74) is 0.801. The highest BCUT2D eigenvalue weighted by atomic mass is 16.2. The molecule has 1 aromatic rings. The molecular weight excluding hydrogens is 302 g/mol. The van der Waals surface area contributed by atoms with Crippen LogP contribution >= 0.6 is 0 Å². The number of amides is 2. The lowest BCUT2D eigenvalue weighted by molar-refractivity contribution is 0.0933. The lowest BCUT2D eigenvalue weighted by Gasteiger charge is -2.16. The molecule has 1 heterocycles. The quantitative estimate of drug-likeness (QED) is 0.786. The van der Waals surface area contributed by atoms with Crippen LogP contribution in [-0.4, -0.2) is 29.4 Å². The van der Waals surface area contributed by atoms with Gasteiger partial charge >= 0.3 is 0 Å². The Morgan fingerprint density at radius 1 is 1.17 bits per heavy atom. The Bertz CT molecular complexity index is 549. The molecule has 1 aliphatic carbocycles. The Labute approximate surface area is 144 Å². The van der Waals surface area contributed by atoms with Gasteiger partial charge in [0.05, 0.1) is 0 Å². The summed E-state index contributed by atoms with van der Waals surface area (Å²) < 4.78 is 0. The Kier molecular flexibility index (Phi) is 7.22. The van der Waals surface area contributed by atoms with Gasteiger partial charge in [-0.15, -0.1) is 0 Å². The number of nitrogens with zero attached hydrogens (tertiary/aromatic N) is 1. The normalized spacial score (nSPS) is 15.8. The van der Waals surface area contributed by atoms with E-state index in [1.807, 2.05) is 0 Å². The Balaban J connectivity index is 1.93. The van der Waals surface area contributed by atoms with Gasteiger partial charge in [-0.2, -0.15) is 0 Å². The van der Waals surface area contributed by atoms with Crippen molar-refractivity contribution in [2.45, 2.75) is 64.8 Å². The average molecular weight is 331 g/mol. The molecule has 5 nitrogen and oxygen atoms in total. The van der Waals surface area contributed by atoms with Crippen molar-refractivity contribution in [2.75, 3.05) is 6.54 Å². The summed E-state index contributed by atoms with van der Waals surface area (Å²) in [5, 5.41) is 5.95. The predicted molar refractivity (Wildman–Crippen MR) is 95.0 cm³/mol. The van der Waals surface area contributed by atoms with E-state index in [2.05, 4.69) is 29.5 Å². The van der Waals surface area contributed by atoms with Crippen molar-refractivity contribution >= 4 is 11.8 Å². The first-order valence-corrected chi connectivity index (χ1v) is 9.11. The summed E-state index contributed by atoms with van der Waals surface area (Å²) >= 11 is 0. The maximum absolute atomic E-state index is 12.4. The first-order valence-electron chi connectivity index (χ1n) is 9.11. The van der Waals surface area contributed by atoms with Crippen LogP contribution in [0.3, 0.4) is 0 Å². The van der Waals surface area contributed by atoms with Crippen LogP contribution in [0, 0.1) is 5.92 Å². The van der Waals surface area contributed by atoms with E-state index in [1.165, 1.54) is 31.9 Å². The molecule has 1 aliphatic rings. The van der Waals surface area contributed by atoms with Crippen LogP contribution in [0.15, 0.2) is 18.3 Å². The molecule has 0 radical (unpaired) electrons. The fourth-order valence-corrected chi connectivity index (χ4v) is 2.95. The zero-order chi connectivity index (χ0) is 17.4. The third-order valence-corrected chi connectivity index (χ3v) is 4.45. The molecule has 1 aromatic heterocycles. The monoisotopic (exact) mass is 331 g/mol. The van der Waals surface area contributed by atoms with Crippen LogP contribution in [0.25, 0.3) is 0 Å². The fourth-order valence-electron chi connectivity index (χ4n) is 2.95. The summed E-state index contributed by atoms with van der Waals surface area (Å²) in [6.07, 6.45) is 9.38. The molecule has 1 saturated carbocycles. The van der Waals surface area contributed by atoms with Gasteiger partial charge in [0.1, 0.15) is 5.69 Å². The van der Waals surface area contributed by atoms with Gasteiger partial charge in [-0.25, -0.2) is 0 Å². The molecule has 2 amide bonds. The first-order chi connectivity index (χ1) is 11.6. The van der Waals surface area contributed by atoms with E-state index in [0.29, 0.717) is 23.7 Å². The SMILES string of the molecule is CC(C)CCNC(=O)c1cc(C(=O)NC2CCCCCC2)ccn1. The van der Waals surface area contributed by atoms with E-state index < -0.39 is 0 Å². The highest BCUT2D eigenvalue weighted by Crippen LogP contribution is 2.17. The number of hydrogen-bond acceptors (Lipinski definition) is 3. The summed E-state index contributed by atoms with van der Waals surface area (Å²) in [4.78, 5) is 28.7. The Morgan fingerprint density at radius 2 is 1.88 bits per heavy atom. The average Bonchev–Trinajstić information content (AvgIpc) is 2.83. The molecule has 0 saturated heterocycles. The van der Waals surface area contributed by atoms with Gasteiger partial charge in [0, 0.05) is 24.3 Å². The molecule has 0 aromatic carbocycles. The van der Waals surface area contributed by atoms with E-state index >= 15 is 0 Å². The summed E-state index contributed by atoms with van der Waals surface area (Å²) in [6, 6.07) is 3.49. The van der Waals surface area contributed by atoms with Gasteiger partial charge < -0.3 is 10.6 Å². The number of hydrogen-bond donors (Lipinski definition) is 2. The van der Waals surface area contributed by atoms with Crippen molar-refractivity contribution in [3.8, 4) is 0 Å². The minimum atomic E-state index is -0.222. The van der Waals surface area contributed by atoms with Crippen molar-refractivity contribution in [2.24, 2.45) is 5.92 Å². The van der Waals surface area contributed by atoms with E-state index in [9.17, 15) is 9.59 Å². The highest BCUT2D eigenvalue weighted by Gasteiger charge is 2.17. The molecule has 1 fully saturated rings. The van der Waals surface area contributed by atoms with E-state index in [1.54, 1.807) is 12.1 Å². The van der Waals surface area contributed by atoms with E-state index in [4.69, 9.17) is 0 Å². The topological polar surface area (TPSA) is 71.1 Å². The summed E-state index contributed by atoms with van der Waals surface area (Å²) in [7, 11) is 0. The van der Waals surface area contributed by atoms with Crippen molar-refractivity contribution in [3.63, 3.8) is 0 Å². The van der Waals surface area contributed by atoms with Crippen LogP contribution in [0.2, 0.25) is 0 Å². The zero-order valence-corrected chi connectivity index (χ0v) is 14.8.